The summed E-state index contributed by atoms with van der Waals surface area (Å²) >= 11 is 0. The van der Waals surface area contributed by atoms with Gasteiger partial charge >= 0.3 is 0 Å². The van der Waals surface area contributed by atoms with E-state index >= 15 is 0 Å². The van der Waals surface area contributed by atoms with Crippen LogP contribution in [0.2, 0.25) is 0 Å². The van der Waals surface area contributed by atoms with Crippen LogP contribution in [0.25, 0.3) is 10.9 Å². The van der Waals surface area contributed by atoms with Gasteiger partial charge in [0.05, 0.1) is 6.61 Å². The molecule has 1 aromatic carbocycles. The van der Waals surface area contributed by atoms with Crippen LogP contribution in [0.4, 0.5) is 0 Å². The lowest BCUT2D eigenvalue weighted by Crippen LogP contribution is -2.33. The molecule has 5 nitrogen and oxygen atoms in total. The van der Waals surface area contributed by atoms with Gasteiger partial charge in [0.1, 0.15) is 11.4 Å². The Morgan fingerprint density at radius 2 is 2.14 bits per heavy atom. The third-order valence-corrected chi connectivity index (χ3v) is 6.17. The zero-order valence-electron chi connectivity index (χ0n) is 17.2. The molecule has 1 aliphatic heterocycles. The number of aromatic nitrogens is 1. The van der Waals surface area contributed by atoms with Gasteiger partial charge in [-0.2, -0.15) is 0 Å². The summed E-state index contributed by atoms with van der Waals surface area (Å²) in [5.74, 6) is 1.71. The standard InChI is InChI=1S/C23H33N3O2/c1-3-11-26(16-17-6-7-17)23(27)22-15-18-14-20(8-9-21(18)24-22)28-13-10-19-5-4-12-25(19)2/h8-9,14-15,17,19,24H,3-7,10-13,16H2,1-2H3. The first-order chi connectivity index (χ1) is 13.6. The molecular weight excluding hydrogens is 350 g/mol. The summed E-state index contributed by atoms with van der Waals surface area (Å²) in [6.45, 7) is 5.79. The summed E-state index contributed by atoms with van der Waals surface area (Å²) in [4.78, 5) is 20.7. The van der Waals surface area contributed by atoms with E-state index in [1.54, 1.807) is 0 Å². The van der Waals surface area contributed by atoms with Crippen molar-refractivity contribution in [3.05, 3.63) is 30.0 Å². The van der Waals surface area contributed by atoms with Gasteiger partial charge in [-0.1, -0.05) is 6.92 Å². The predicted molar refractivity (Wildman–Crippen MR) is 113 cm³/mol. The van der Waals surface area contributed by atoms with Gasteiger partial charge in [-0.05, 0) is 82.3 Å². The maximum Gasteiger partial charge on any atom is 0.270 e. The number of fused-ring (bicyclic) bond motifs is 1. The molecule has 1 atom stereocenters. The lowest BCUT2D eigenvalue weighted by atomic mass is 10.1. The number of carbonyl (C=O) groups is 1. The normalized spacial score (nSPS) is 20.0. The highest BCUT2D eigenvalue weighted by atomic mass is 16.5. The van der Waals surface area contributed by atoms with Crippen molar-refractivity contribution in [1.29, 1.82) is 0 Å². The van der Waals surface area contributed by atoms with Crippen LogP contribution in [-0.2, 0) is 0 Å². The molecule has 1 unspecified atom stereocenters. The number of aromatic amines is 1. The zero-order chi connectivity index (χ0) is 19.5. The molecule has 5 heteroatoms. The Hall–Kier alpha value is -2.01. The molecule has 1 N–H and O–H groups in total. The largest absolute Gasteiger partial charge is 0.494 e. The third-order valence-electron chi connectivity index (χ3n) is 6.17. The van der Waals surface area contributed by atoms with Crippen molar-refractivity contribution in [2.75, 3.05) is 33.3 Å². The quantitative estimate of drug-likeness (QED) is 0.703. The van der Waals surface area contributed by atoms with Crippen molar-refractivity contribution in [2.24, 2.45) is 5.92 Å². The molecule has 1 aromatic heterocycles. The highest BCUT2D eigenvalue weighted by Gasteiger charge is 2.27. The van der Waals surface area contributed by atoms with Gasteiger partial charge in [0.2, 0.25) is 0 Å². The summed E-state index contributed by atoms with van der Waals surface area (Å²) in [5.41, 5.74) is 1.68. The van der Waals surface area contributed by atoms with Gasteiger partial charge in [0.15, 0.2) is 0 Å². The van der Waals surface area contributed by atoms with E-state index in [0.717, 1.165) is 49.2 Å². The van der Waals surface area contributed by atoms with Crippen LogP contribution >= 0.6 is 0 Å². The molecule has 4 rings (SSSR count). The molecular formula is C23H33N3O2. The van der Waals surface area contributed by atoms with Crippen molar-refractivity contribution in [3.63, 3.8) is 0 Å². The fourth-order valence-corrected chi connectivity index (χ4v) is 4.30. The minimum Gasteiger partial charge on any atom is -0.494 e. The van der Waals surface area contributed by atoms with E-state index in [2.05, 4.69) is 23.9 Å². The topological polar surface area (TPSA) is 48.6 Å². The molecule has 2 fully saturated rings. The van der Waals surface area contributed by atoms with Crippen LogP contribution in [0.3, 0.4) is 0 Å². The van der Waals surface area contributed by atoms with E-state index in [1.165, 1.54) is 32.2 Å². The molecule has 2 heterocycles. The van der Waals surface area contributed by atoms with Crippen molar-refractivity contribution in [3.8, 4) is 5.75 Å². The molecule has 28 heavy (non-hydrogen) atoms. The monoisotopic (exact) mass is 383 g/mol. The zero-order valence-corrected chi connectivity index (χ0v) is 17.2. The molecule has 1 saturated carbocycles. The first-order valence-electron chi connectivity index (χ1n) is 10.9. The van der Waals surface area contributed by atoms with E-state index < -0.39 is 0 Å². The van der Waals surface area contributed by atoms with Gasteiger partial charge in [-0.15, -0.1) is 0 Å². The number of nitrogens with one attached hydrogen (secondary N) is 1. The second kappa shape index (κ2) is 8.56. The Morgan fingerprint density at radius 1 is 1.29 bits per heavy atom. The summed E-state index contributed by atoms with van der Waals surface area (Å²) < 4.78 is 6.01. The molecule has 0 bridgehead atoms. The average Bonchev–Trinajstić information content (AvgIpc) is 3.26. The number of hydrogen-bond donors (Lipinski definition) is 1. The van der Waals surface area contributed by atoms with Crippen molar-refractivity contribution >= 4 is 16.8 Å². The van der Waals surface area contributed by atoms with Gasteiger partial charge in [0, 0.05) is 30.0 Å². The van der Waals surface area contributed by atoms with Crippen molar-refractivity contribution < 1.29 is 9.53 Å². The maximum absolute atomic E-state index is 13.0. The van der Waals surface area contributed by atoms with Crippen LogP contribution < -0.4 is 4.74 Å². The highest BCUT2D eigenvalue weighted by Crippen LogP contribution is 2.30. The van der Waals surface area contributed by atoms with E-state index in [4.69, 9.17) is 4.74 Å². The number of hydrogen-bond acceptors (Lipinski definition) is 3. The first kappa shape index (κ1) is 19.3. The summed E-state index contributed by atoms with van der Waals surface area (Å²) in [5, 5.41) is 1.04. The smallest absolute Gasteiger partial charge is 0.270 e. The molecule has 1 saturated heterocycles. The van der Waals surface area contributed by atoms with Crippen LogP contribution in [0.15, 0.2) is 24.3 Å². The minimum atomic E-state index is 0.122. The van der Waals surface area contributed by atoms with E-state index in [1.807, 2.05) is 29.2 Å². The average molecular weight is 384 g/mol. The molecule has 1 aliphatic carbocycles. The molecule has 0 spiro atoms. The Balaban J connectivity index is 1.39. The Labute approximate surface area is 168 Å². The van der Waals surface area contributed by atoms with Gasteiger partial charge < -0.3 is 19.5 Å². The van der Waals surface area contributed by atoms with E-state index in [9.17, 15) is 4.79 Å². The lowest BCUT2D eigenvalue weighted by molar-refractivity contribution is 0.0743. The number of amides is 1. The SMILES string of the molecule is CCCN(CC1CC1)C(=O)c1cc2cc(OCCC3CCCN3C)ccc2[nH]1. The number of H-pyrrole nitrogens is 1. The van der Waals surface area contributed by atoms with Gasteiger partial charge in [-0.3, -0.25) is 4.79 Å². The van der Waals surface area contributed by atoms with Crippen LogP contribution in [0.1, 0.15) is 55.9 Å². The minimum absolute atomic E-state index is 0.122. The second-order valence-corrected chi connectivity index (χ2v) is 8.54. The Kier molecular flexibility index (Phi) is 5.90. The first-order valence-corrected chi connectivity index (χ1v) is 10.9. The van der Waals surface area contributed by atoms with Crippen molar-refractivity contribution in [1.82, 2.24) is 14.8 Å². The summed E-state index contributed by atoms with van der Waals surface area (Å²) in [6.07, 6.45) is 7.15. The number of carbonyl (C=O) groups excluding carboxylic acids is 1. The summed E-state index contributed by atoms with van der Waals surface area (Å²) in [6, 6.07) is 8.70. The molecule has 2 aromatic rings. The number of nitrogens with zero attached hydrogens (tertiary/aromatic N) is 2. The predicted octanol–water partition coefficient (Wildman–Crippen LogP) is 4.29. The van der Waals surface area contributed by atoms with Gasteiger partial charge in [-0.25, -0.2) is 0 Å². The number of likely N-dealkylation sites (tertiary alicyclic amines) is 1. The summed E-state index contributed by atoms with van der Waals surface area (Å²) in [7, 11) is 2.20. The lowest BCUT2D eigenvalue weighted by Gasteiger charge is -2.21. The van der Waals surface area contributed by atoms with Crippen LogP contribution in [0, 0.1) is 5.92 Å². The van der Waals surface area contributed by atoms with Crippen LogP contribution in [-0.4, -0.2) is 60.0 Å². The third kappa shape index (κ3) is 4.52. The van der Waals surface area contributed by atoms with Crippen LogP contribution in [0.5, 0.6) is 5.75 Å². The number of ether oxygens (including phenoxy) is 1. The molecule has 0 radical (unpaired) electrons. The molecule has 2 aliphatic rings. The molecule has 152 valence electrons. The fraction of sp³-hybridized carbons (Fsp3) is 0.609. The second-order valence-electron chi connectivity index (χ2n) is 8.54. The van der Waals surface area contributed by atoms with Crippen molar-refractivity contribution in [2.45, 2.75) is 51.5 Å². The van der Waals surface area contributed by atoms with E-state index in [0.29, 0.717) is 17.7 Å². The molecule has 1 amide bonds. The Morgan fingerprint density at radius 3 is 2.86 bits per heavy atom. The van der Waals surface area contributed by atoms with Gasteiger partial charge in [0.25, 0.3) is 5.91 Å². The van der Waals surface area contributed by atoms with E-state index in [-0.39, 0.29) is 5.91 Å². The fourth-order valence-electron chi connectivity index (χ4n) is 4.30. The highest BCUT2D eigenvalue weighted by molar-refractivity contribution is 5.98. The number of rotatable bonds is 9. The number of benzene rings is 1. The Bertz CT molecular complexity index is 811. The maximum atomic E-state index is 13.0.